The van der Waals surface area contributed by atoms with Gasteiger partial charge in [0.05, 0.1) is 6.61 Å². The lowest BCUT2D eigenvalue weighted by Crippen LogP contribution is -2.46. The fraction of sp³-hybridized carbons (Fsp3) is 1.00. The van der Waals surface area contributed by atoms with Gasteiger partial charge in [0.25, 0.3) is 0 Å². The van der Waals surface area contributed by atoms with E-state index in [4.69, 9.17) is 4.74 Å². The molecule has 0 aromatic carbocycles. The zero-order valence-electron chi connectivity index (χ0n) is 10.1. The molecule has 0 bridgehead atoms. The molecule has 1 saturated carbocycles. The van der Waals surface area contributed by atoms with Crippen LogP contribution in [0.4, 0.5) is 0 Å². The Labute approximate surface area is 93.8 Å². The van der Waals surface area contributed by atoms with E-state index in [-0.39, 0.29) is 0 Å². The smallest absolute Gasteiger partial charge is 0.0506 e. The average Bonchev–Trinajstić information content (AvgIpc) is 2.29. The molecule has 0 spiro atoms. The Morgan fingerprint density at radius 1 is 1.20 bits per heavy atom. The normalized spacial score (nSPS) is 31.4. The highest BCUT2D eigenvalue weighted by Crippen LogP contribution is 2.28. The number of hydrogen-bond acceptors (Lipinski definition) is 2. The van der Waals surface area contributed by atoms with Crippen LogP contribution in [0.1, 0.15) is 51.9 Å². The van der Waals surface area contributed by atoms with Crippen molar-refractivity contribution >= 4 is 0 Å². The number of ether oxygens (including phenoxy) is 1. The highest BCUT2D eigenvalue weighted by molar-refractivity contribution is 4.87. The molecule has 1 atom stereocenters. The predicted octanol–water partition coefficient (Wildman–Crippen LogP) is 2.73. The van der Waals surface area contributed by atoms with E-state index in [1.54, 1.807) is 0 Å². The van der Waals surface area contributed by atoms with Gasteiger partial charge in [-0.05, 0) is 38.5 Å². The maximum Gasteiger partial charge on any atom is 0.0506 e. The van der Waals surface area contributed by atoms with Crippen LogP contribution in [0.3, 0.4) is 0 Å². The van der Waals surface area contributed by atoms with Crippen LogP contribution in [0, 0.1) is 5.92 Å². The Kier molecular flexibility index (Phi) is 4.04. The standard InChI is InChI=1S/C13H25NO/c1-13(7-3-2-4-8-13)14-10-12-6-5-9-15-11-12/h12,14H,2-11H2,1H3. The highest BCUT2D eigenvalue weighted by Gasteiger charge is 2.27. The molecule has 0 radical (unpaired) electrons. The first kappa shape index (κ1) is 11.4. The second kappa shape index (κ2) is 5.31. The summed E-state index contributed by atoms with van der Waals surface area (Å²) in [6, 6.07) is 0. The molecule has 1 heterocycles. The summed E-state index contributed by atoms with van der Waals surface area (Å²) in [5.41, 5.74) is 0.426. The summed E-state index contributed by atoms with van der Waals surface area (Å²) in [7, 11) is 0. The quantitative estimate of drug-likeness (QED) is 0.775. The Morgan fingerprint density at radius 3 is 2.67 bits per heavy atom. The molecule has 0 amide bonds. The molecule has 1 unspecified atom stereocenters. The fourth-order valence-electron chi connectivity index (χ4n) is 2.87. The second-order valence-electron chi connectivity index (χ2n) is 5.59. The molecule has 88 valence electrons. The van der Waals surface area contributed by atoms with Crippen molar-refractivity contribution in [3.8, 4) is 0 Å². The molecule has 2 heteroatoms. The average molecular weight is 211 g/mol. The number of nitrogens with one attached hydrogen (secondary N) is 1. The molecule has 1 aliphatic carbocycles. The molecule has 0 aromatic rings. The van der Waals surface area contributed by atoms with Crippen LogP contribution in [0.2, 0.25) is 0 Å². The molecule has 0 aromatic heterocycles. The van der Waals surface area contributed by atoms with Crippen molar-refractivity contribution in [1.82, 2.24) is 5.32 Å². The SMILES string of the molecule is CC1(NCC2CCCOC2)CCCCC1. The van der Waals surface area contributed by atoms with Gasteiger partial charge in [-0.3, -0.25) is 0 Å². The summed E-state index contributed by atoms with van der Waals surface area (Å²) in [5.74, 6) is 0.762. The lowest BCUT2D eigenvalue weighted by Gasteiger charge is -2.36. The Bertz CT molecular complexity index is 181. The van der Waals surface area contributed by atoms with Gasteiger partial charge in [0.1, 0.15) is 0 Å². The molecule has 2 aliphatic rings. The summed E-state index contributed by atoms with van der Waals surface area (Å²) >= 11 is 0. The number of hydrogen-bond donors (Lipinski definition) is 1. The van der Waals surface area contributed by atoms with Gasteiger partial charge in [-0.2, -0.15) is 0 Å². The minimum absolute atomic E-state index is 0.426. The van der Waals surface area contributed by atoms with Gasteiger partial charge in [-0.1, -0.05) is 19.3 Å². The second-order valence-corrected chi connectivity index (χ2v) is 5.59. The zero-order chi connectivity index (χ0) is 10.6. The Hall–Kier alpha value is -0.0800. The van der Waals surface area contributed by atoms with Crippen molar-refractivity contribution in [2.24, 2.45) is 5.92 Å². The largest absolute Gasteiger partial charge is 0.381 e. The monoisotopic (exact) mass is 211 g/mol. The van der Waals surface area contributed by atoms with E-state index >= 15 is 0 Å². The van der Waals surface area contributed by atoms with E-state index in [0.29, 0.717) is 5.54 Å². The lowest BCUT2D eigenvalue weighted by atomic mass is 9.83. The van der Waals surface area contributed by atoms with Gasteiger partial charge < -0.3 is 10.1 Å². The Balaban J connectivity index is 1.70. The van der Waals surface area contributed by atoms with Crippen LogP contribution in [-0.2, 0) is 4.74 Å². The van der Waals surface area contributed by atoms with Crippen molar-refractivity contribution in [3.05, 3.63) is 0 Å². The molecule has 1 N–H and O–H groups in total. The van der Waals surface area contributed by atoms with Gasteiger partial charge in [0, 0.05) is 18.7 Å². The first-order valence-electron chi connectivity index (χ1n) is 6.61. The van der Waals surface area contributed by atoms with Gasteiger partial charge in [0.15, 0.2) is 0 Å². The maximum atomic E-state index is 5.51. The molecular formula is C13H25NO. The summed E-state index contributed by atoms with van der Waals surface area (Å²) in [4.78, 5) is 0. The van der Waals surface area contributed by atoms with Crippen LogP contribution in [0.15, 0.2) is 0 Å². The van der Waals surface area contributed by atoms with Gasteiger partial charge in [-0.15, -0.1) is 0 Å². The predicted molar refractivity (Wildman–Crippen MR) is 63.0 cm³/mol. The van der Waals surface area contributed by atoms with Crippen LogP contribution < -0.4 is 5.32 Å². The molecular weight excluding hydrogens is 186 g/mol. The van der Waals surface area contributed by atoms with Crippen molar-refractivity contribution in [1.29, 1.82) is 0 Å². The van der Waals surface area contributed by atoms with E-state index in [0.717, 1.165) is 25.7 Å². The lowest BCUT2D eigenvalue weighted by molar-refractivity contribution is 0.0504. The third-order valence-corrected chi connectivity index (χ3v) is 4.03. The van der Waals surface area contributed by atoms with Crippen LogP contribution in [-0.4, -0.2) is 25.3 Å². The molecule has 2 fully saturated rings. The van der Waals surface area contributed by atoms with Crippen LogP contribution >= 0.6 is 0 Å². The number of rotatable bonds is 3. The van der Waals surface area contributed by atoms with Crippen LogP contribution in [0.5, 0.6) is 0 Å². The minimum atomic E-state index is 0.426. The van der Waals surface area contributed by atoms with E-state index in [2.05, 4.69) is 12.2 Å². The summed E-state index contributed by atoms with van der Waals surface area (Å²) in [6.45, 7) is 5.52. The minimum Gasteiger partial charge on any atom is -0.381 e. The molecule has 2 nitrogen and oxygen atoms in total. The first-order chi connectivity index (χ1) is 7.29. The van der Waals surface area contributed by atoms with Gasteiger partial charge in [0.2, 0.25) is 0 Å². The zero-order valence-corrected chi connectivity index (χ0v) is 10.1. The summed E-state index contributed by atoms with van der Waals surface area (Å²) < 4.78 is 5.51. The van der Waals surface area contributed by atoms with Gasteiger partial charge >= 0.3 is 0 Å². The third-order valence-electron chi connectivity index (χ3n) is 4.03. The summed E-state index contributed by atoms with van der Waals surface area (Å²) in [5, 5.41) is 3.79. The molecule has 1 aliphatic heterocycles. The fourth-order valence-corrected chi connectivity index (χ4v) is 2.87. The Morgan fingerprint density at radius 2 is 2.00 bits per heavy atom. The first-order valence-corrected chi connectivity index (χ1v) is 6.61. The van der Waals surface area contributed by atoms with Gasteiger partial charge in [-0.25, -0.2) is 0 Å². The topological polar surface area (TPSA) is 21.3 Å². The van der Waals surface area contributed by atoms with Crippen LogP contribution in [0.25, 0.3) is 0 Å². The van der Waals surface area contributed by atoms with Crippen molar-refractivity contribution in [2.75, 3.05) is 19.8 Å². The third kappa shape index (κ3) is 3.46. The molecule has 2 rings (SSSR count). The van der Waals surface area contributed by atoms with E-state index in [1.165, 1.54) is 44.9 Å². The highest BCUT2D eigenvalue weighted by atomic mass is 16.5. The maximum absolute atomic E-state index is 5.51. The van der Waals surface area contributed by atoms with Crippen molar-refractivity contribution in [2.45, 2.75) is 57.4 Å². The molecule has 1 saturated heterocycles. The van der Waals surface area contributed by atoms with E-state index < -0.39 is 0 Å². The van der Waals surface area contributed by atoms with Crippen molar-refractivity contribution < 1.29 is 4.74 Å². The van der Waals surface area contributed by atoms with E-state index in [1.807, 2.05) is 0 Å². The summed E-state index contributed by atoms with van der Waals surface area (Å²) in [6.07, 6.45) is 9.58. The van der Waals surface area contributed by atoms with Crippen molar-refractivity contribution in [3.63, 3.8) is 0 Å². The molecule has 15 heavy (non-hydrogen) atoms. The van der Waals surface area contributed by atoms with E-state index in [9.17, 15) is 0 Å².